The van der Waals surface area contributed by atoms with Crippen molar-refractivity contribution >= 4 is 33.6 Å². The van der Waals surface area contributed by atoms with Gasteiger partial charge < -0.3 is 34.2 Å². The summed E-state index contributed by atoms with van der Waals surface area (Å²) < 4.78 is 61.2. The van der Waals surface area contributed by atoms with Crippen molar-refractivity contribution in [1.82, 2.24) is 0 Å². The van der Waals surface area contributed by atoms with Gasteiger partial charge in [0.25, 0.3) is 0 Å². The van der Waals surface area contributed by atoms with E-state index < -0.39 is 91.5 Å². The first kappa shape index (κ1) is 102. The molecule has 5 unspecified atom stereocenters. The maximum atomic E-state index is 13.0. The summed E-state index contributed by atoms with van der Waals surface area (Å²) in [4.78, 5) is 58.8. The second-order valence-electron chi connectivity index (χ2n) is 26.8. The molecule has 608 valence electrons. The largest absolute Gasteiger partial charge is 0.472 e. The number of aliphatic hydroxyl groups is 2. The molecule has 0 saturated heterocycles. The van der Waals surface area contributed by atoms with E-state index in [0.717, 1.165) is 161 Å². The number of unbranched alkanes of at least 4 members (excludes halogenated alkanes) is 23. The molecule has 107 heavy (non-hydrogen) atoms. The Bertz CT molecular complexity index is 2670. The van der Waals surface area contributed by atoms with E-state index in [0.29, 0.717) is 19.3 Å². The summed E-state index contributed by atoms with van der Waals surface area (Å²) in [6.07, 6.45) is 104. The third-order valence-corrected chi connectivity index (χ3v) is 18.5. The predicted molar refractivity (Wildman–Crippen MR) is 445 cm³/mol. The zero-order chi connectivity index (χ0) is 78.0. The van der Waals surface area contributed by atoms with Gasteiger partial charge in [0.15, 0.2) is 6.10 Å². The van der Waals surface area contributed by atoms with Gasteiger partial charge in [-0.05, 0) is 161 Å². The molecule has 0 aromatic heterocycles. The summed E-state index contributed by atoms with van der Waals surface area (Å²) in [6, 6.07) is 0. The van der Waals surface area contributed by atoms with Crippen LogP contribution in [-0.4, -0.2) is 95.9 Å². The Kier molecular flexibility index (Phi) is 76.2. The van der Waals surface area contributed by atoms with Gasteiger partial charge in [0, 0.05) is 19.3 Å². The molecule has 0 fully saturated rings. The minimum absolute atomic E-state index is 0.0518. The molecule has 4 N–H and O–H groups in total. The Morgan fingerprint density at radius 3 is 0.794 bits per heavy atom. The lowest BCUT2D eigenvalue weighted by Crippen LogP contribution is -2.30. The molecular weight excluding hydrogens is 1390 g/mol. The van der Waals surface area contributed by atoms with Gasteiger partial charge in [-0.1, -0.05) is 306 Å². The van der Waals surface area contributed by atoms with Gasteiger partial charge in [-0.25, -0.2) is 9.13 Å². The fourth-order valence-corrected chi connectivity index (χ4v) is 12.0. The summed E-state index contributed by atoms with van der Waals surface area (Å²) >= 11 is 0. The second-order valence-corrected chi connectivity index (χ2v) is 29.7. The van der Waals surface area contributed by atoms with E-state index in [-0.39, 0.29) is 19.3 Å². The number of hydrogen-bond donors (Lipinski definition) is 4. The highest BCUT2D eigenvalue weighted by Gasteiger charge is 2.29. The summed E-state index contributed by atoms with van der Waals surface area (Å²) in [5.74, 6) is -1.65. The Morgan fingerprint density at radius 2 is 0.495 bits per heavy atom. The minimum atomic E-state index is -4.96. The van der Waals surface area contributed by atoms with Crippen molar-refractivity contribution in [2.45, 2.75) is 322 Å². The molecule has 0 aromatic rings. The first-order chi connectivity index (χ1) is 52.2. The Balaban J connectivity index is 4.66. The van der Waals surface area contributed by atoms with Crippen LogP contribution in [0.4, 0.5) is 0 Å². The van der Waals surface area contributed by atoms with Gasteiger partial charge >= 0.3 is 33.6 Å². The molecule has 0 aliphatic carbocycles. The van der Waals surface area contributed by atoms with Crippen LogP contribution in [0.15, 0.2) is 182 Å². The number of allylic oxidation sites excluding steroid dienone is 30. The van der Waals surface area contributed by atoms with Gasteiger partial charge in [-0.2, -0.15) is 0 Å². The van der Waals surface area contributed by atoms with Gasteiger partial charge in [0.2, 0.25) is 0 Å². The van der Waals surface area contributed by atoms with Crippen LogP contribution in [0, 0.1) is 0 Å². The summed E-state index contributed by atoms with van der Waals surface area (Å²) in [7, 11) is -9.83. The van der Waals surface area contributed by atoms with Crippen molar-refractivity contribution < 1.29 is 75.8 Å². The molecule has 18 heteroatoms. The average Bonchev–Trinajstić information content (AvgIpc) is 0.918. The fraction of sp³-hybridized carbons (Fsp3) is 0.629. The van der Waals surface area contributed by atoms with Gasteiger partial charge in [0.1, 0.15) is 25.4 Å². The molecule has 0 aliphatic rings. The number of rotatable bonds is 76. The molecular formula is C89H146O16P2. The lowest BCUT2D eigenvalue weighted by molar-refractivity contribution is -0.161. The van der Waals surface area contributed by atoms with Crippen LogP contribution < -0.4 is 0 Å². The molecule has 0 spiro atoms. The second kappa shape index (κ2) is 80.2. The lowest BCUT2D eigenvalue weighted by atomic mass is 10.0. The average molecular weight is 1530 g/mol. The van der Waals surface area contributed by atoms with Crippen molar-refractivity contribution in [2.24, 2.45) is 0 Å². The van der Waals surface area contributed by atoms with Crippen LogP contribution in [-0.2, 0) is 55.8 Å². The number of hydrogen-bond acceptors (Lipinski definition) is 14. The molecule has 0 aromatic carbocycles. The predicted octanol–water partition coefficient (Wildman–Crippen LogP) is 24.5. The molecule has 0 aliphatic heterocycles. The van der Waals surface area contributed by atoms with Crippen molar-refractivity contribution in [3.05, 3.63) is 182 Å². The number of esters is 3. The first-order valence-electron chi connectivity index (χ1n) is 41.1. The van der Waals surface area contributed by atoms with E-state index in [9.17, 15) is 43.5 Å². The number of carbonyl (C=O) groups is 3. The molecule has 0 saturated carbocycles. The number of ether oxygens (including phenoxy) is 3. The topological polar surface area (TPSA) is 231 Å². The van der Waals surface area contributed by atoms with E-state index in [1.807, 2.05) is 0 Å². The number of aliphatic hydroxyl groups excluding tert-OH is 2. The van der Waals surface area contributed by atoms with Crippen LogP contribution in [0.5, 0.6) is 0 Å². The molecule has 16 nitrogen and oxygen atoms in total. The lowest BCUT2D eigenvalue weighted by Gasteiger charge is -2.21. The maximum Gasteiger partial charge on any atom is 0.472 e. The van der Waals surface area contributed by atoms with Crippen molar-refractivity contribution in [1.29, 1.82) is 0 Å². The van der Waals surface area contributed by atoms with Crippen LogP contribution in [0.2, 0.25) is 0 Å². The zero-order valence-corrected chi connectivity index (χ0v) is 68.3. The smallest absolute Gasteiger partial charge is 0.463 e. The van der Waals surface area contributed by atoms with Crippen LogP contribution in [0.3, 0.4) is 0 Å². The fourth-order valence-electron chi connectivity index (χ4n) is 10.4. The third-order valence-electron chi connectivity index (χ3n) is 16.6. The first-order valence-corrected chi connectivity index (χ1v) is 44.1. The van der Waals surface area contributed by atoms with E-state index in [4.69, 9.17) is 32.3 Å². The molecule has 0 heterocycles. The summed E-state index contributed by atoms with van der Waals surface area (Å²) in [6.45, 7) is 2.35. The summed E-state index contributed by atoms with van der Waals surface area (Å²) in [5, 5.41) is 20.7. The molecule has 0 amide bonds. The van der Waals surface area contributed by atoms with Gasteiger partial charge in [-0.15, -0.1) is 0 Å². The van der Waals surface area contributed by atoms with Crippen LogP contribution in [0.1, 0.15) is 303 Å². The quantitative estimate of drug-likeness (QED) is 0.0146. The van der Waals surface area contributed by atoms with E-state index in [1.165, 1.54) is 83.5 Å². The van der Waals surface area contributed by atoms with Crippen molar-refractivity contribution in [3.8, 4) is 0 Å². The molecule has 0 radical (unpaired) electrons. The molecule has 0 rings (SSSR count). The van der Waals surface area contributed by atoms with Crippen molar-refractivity contribution in [3.63, 3.8) is 0 Å². The standard InChI is InChI=1S/C89H146O16P2/c1-4-7-10-13-16-19-22-25-28-31-34-36-38-39-40-41-42-43-45-47-49-51-54-57-60-63-66-69-72-75-87(92)99-78-84(90)79-101-106(95,96)102-80-85(91)81-103-107(97,98)104-83-86(105-89(94)77-74-71-68-65-62-59-56-53-48-33-30-27-24-21-18-15-12-9-6-3)82-100-88(93)76-73-70-67-64-61-58-55-52-50-46-44-37-35-32-29-26-23-20-17-14-11-8-5-2/h8-9,11-12,16-21,25-30,34-37,39-40,46,48,50,53,55,58-59,62,84-86,90-91H,4-7,10,13-15,22-24,31-33,38,41-45,47,49,51-52,54,56-57,60-61,63-83H2,1-3H3,(H,95,96)(H,97,98)/b11-8-,12-9-,19-16-,20-17-,21-18-,28-25-,29-26-,30-27-,36-34-,37-35-,40-39-,50-46-,53-48-,58-55-,62-59-. The third kappa shape index (κ3) is 81.5. The zero-order valence-electron chi connectivity index (χ0n) is 66.5. The van der Waals surface area contributed by atoms with Crippen LogP contribution >= 0.6 is 15.6 Å². The number of carbonyl (C=O) groups excluding carboxylic acids is 3. The van der Waals surface area contributed by atoms with E-state index in [1.54, 1.807) is 0 Å². The number of phosphoric acid groups is 2. The normalized spacial score (nSPS) is 14.9. The highest BCUT2D eigenvalue weighted by Crippen LogP contribution is 2.45. The highest BCUT2D eigenvalue weighted by molar-refractivity contribution is 7.47. The van der Waals surface area contributed by atoms with E-state index >= 15 is 0 Å². The highest BCUT2D eigenvalue weighted by atomic mass is 31.2. The summed E-state index contributed by atoms with van der Waals surface area (Å²) in [5.41, 5.74) is 0. The Labute approximate surface area is 649 Å². The maximum absolute atomic E-state index is 13.0. The van der Waals surface area contributed by atoms with Crippen molar-refractivity contribution in [2.75, 3.05) is 39.6 Å². The SMILES string of the molecule is CC/C=C\C/C=C\C/C=C\C/C=C\C/C=C\C/C=C\CCCCCCC(=O)OCC(COP(=O)(O)OCC(O)COP(=O)(O)OCC(O)COC(=O)CCCCCCCCCCCCCCC/C=C\C/C=C\C/C=C\C/C=C\CCCCC)OC(=O)CCCCC/C=C\C/C=C\C/C=C\C/C=C\C/C=C\CC. The Morgan fingerprint density at radius 1 is 0.271 bits per heavy atom. The molecule has 0 bridgehead atoms. The number of phosphoric ester groups is 2. The van der Waals surface area contributed by atoms with E-state index in [2.05, 4.69) is 203 Å². The van der Waals surface area contributed by atoms with Gasteiger partial charge in [0.05, 0.1) is 26.4 Å². The molecule has 5 atom stereocenters. The Hall–Kier alpha value is -5.35. The monoisotopic (exact) mass is 1530 g/mol. The van der Waals surface area contributed by atoms with Gasteiger partial charge in [-0.3, -0.25) is 32.5 Å². The van der Waals surface area contributed by atoms with Crippen LogP contribution in [0.25, 0.3) is 0 Å². The minimum Gasteiger partial charge on any atom is -0.463 e.